The maximum absolute atomic E-state index is 9.95. The average molecular weight is 173 g/mol. The van der Waals surface area contributed by atoms with Crippen molar-refractivity contribution in [2.45, 2.75) is 38.9 Å². The number of carbonyl (C=O) groups excluding carboxylic acids is 1. The topological polar surface area (TPSA) is 26.3 Å². The lowest BCUT2D eigenvalue weighted by molar-refractivity contribution is 0.332. The minimum Gasteiger partial charge on any atom is -0.409 e. The van der Waals surface area contributed by atoms with Crippen LogP contribution in [0.5, 0.6) is 0 Å². The fourth-order valence-corrected chi connectivity index (χ4v) is 1.28. The van der Waals surface area contributed by atoms with Crippen molar-refractivity contribution >= 4 is 14.6 Å². The summed E-state index contributed by atoms with van der Waals surface area (Å²) in [4.78, 5) is 9.95. The van der Waals surface area contributed by atoms with Gasteiger partial charge in [0.1, 0.15) is 6.61 Å². The summed E-state index contributed by atoms with van der Waals surface area (Å²) < 4.78 is 5.46. The monoisotopic (exact) mass is 173 g/mol. The molecule has 0 rings (SSSR count). The van der Waals surface area contributed by atoms with Crippen molar-refractivity contribution in [1.82, 2.24) is 0 Å². The van der Waals surface area contributed by atoms with Gasteiger partial charge in [-0.05, 0) is 18.1 Å². The van der Waals surface area contributed by atoms with Gasteiger partial charge in [-0.1, -0.05) is 20.8 Å². The number of hydrogen-bond acceptors (Lipinski definition) is 2. The fraction of sp³-hybridized carbons (Fsp3) is 0.875. The zero-order chi connectivity index (χ0) is 9.12. The van der Waals surface area contributed by atoms with Crippen LogP contribution in [0.25, 0.3) is 0 Å². The van der Waals surface area contributed by atoms with Crippen molar-refractivity contribution in [1.29, 1.82) is 0 Å². The molecule has 0 saturated heterocycles. The second-order valence-electron chi connectivity index (χ2n) is 4.19. The van der Waals surface area contributed by atoms with E-state index in [1.54, 1.807) is 6.29 Å². The van der Waals surface area contributed by atoms with E-state index in [-0.39, 0.29) is 11.6 Å². The molecule has 1 radical (unpaired) electrons. The maximum Gasteiger partial charge on any atom is 0.225 e. The molecule has 0 aliphatic heterocycles. The van der Waals surface area contributed by atoms with E-state index in [4.69, 9.17) is 4.43 Å². The van der Waals surface area contributed by atoms with Gasteiger partial charge in [0.15, 0.2) is 8.32 Å². The first-order valence-electron chi connectivity index (χ1n) is 3.80. The summed E-state index contributed by atoms with van der Waals surface area (Å²) in [5.74, 6) is 0. The zero-order valence-electron chi connectivity index (χ0n) is 8.02. The molecule has 0 aromatic carbocycles. The highest BCUT2D eigenvalue weighted by Crippen LogP contribution is 2.36. The van der Waals surface area contributed by atoms with Crippen molar-refractivity contribution in [2.75, 3.05) is 6.61 Å². The van der Waals surface area contributed by atoms with E-state index in [2.05, 4.69) is 33.9 Å². The van der Waals surface area contributed by atoms with Crippen molar-refractivity contribution in [3.8, 4) is 0 Å². The smallest absolute Gasteiger partial charge is 0.225 e. The van der Waals surface area contributed by atoms with Crippen molar-refractivity contribution in [2.24, 2.45) is 0 Å². The Morgan fingerprint density at radius 3 is 2.09 bits per heavy atom. The van der Waals surface area contributed by atoms with Crippen LogP contribution in [0, 0.1) is 0 Å². The second-order valence-corrected chi connectivity index (χ2v) is 9.00. The van der Waals surface area contributed by atoms with Gasteiger partial charge in [0.2, 0.25) is 6.29 Å². The van der Waals surface area contributed by atoms with E-state index < -0.39 is 8.32 Å². The Hall–Kier alpha value is -0.153. The first-order chi connectivity index (χ1) is 4.81. The van der Waals surface area contributed by atoms with Gasteiger partial charge >= 0.3 is 0 Å². The first-order valence-corrected chi connectivity index (χ1v) is 6.71. The van der Waals surface area contributed by atoms with Gasteiger partial charge in [0.25, 0.3) is 0 Å². The Morgan fingerprint density at radius 1 is 1.36 bits per heavy atom. The molecule has 0 unspecified atom stereocenters. The van der Waals surface area contributed by atoms with E-state index in [0.29, 0.717) is 0 Å². The first kappa shape index (κ1) is 10.8. The highest BCUT2D eigenvalue weighted by atomic mass is 28.4. The van der Waals surface area contributed by atoms with Gasteiger partial charge < -0.3 is 4.43 Å². The van der Waals surface area contributed by atoms with Gasteiger partial charge in [0, 0.05) is 0 Å². The lowest BCUT2D eigenvalue weighted by atomic mass is 10.2. The van der Waals surface area contributed by atoms with Crippen LogP contribution in [0.4, 0.5) is 0 Å². The Kier molecular flexibility index (Phi) is 3.45. The summed E-state index contributed by atoms with van der Waals surface area (Å²) in [7, 11) is -1.69. The fourth-order valence-electron chi connectivity index (χ4n) is 0.426. The largest absolute Gasteiger partial charge is 0.409 e. The molecular weight excluding hydrogens is 156 g/mol. The van der Waals surface area contributed by atoms with Crippen LogP contribution < -0.4 is 0 Å². The minimum atomic E-state index is -1.69. The third kappa shape index (κ3) is 3.16. The van der Waals surface area contributed by atoms with E-state index in [0.717, 1.165) is 0 Å². The maximum atomic E-state index is 9.95. The lowest BCUT2D eigenvalue weighted by Crippen LogP contribution is -2.41. The van der Waals surface area contributed by atoms with Crippen LogP contribution in [-0.2, 0) is 9.22 Å². The Morgan fingerprint density at radius 2 is 1.82 bits per heavy atom. The van der Waals surface area contributed by atoms with Gasteiger partial charge in [-0.15, -0.1) is 0 Å². The van der Waals surface area contributed by atoms with Crippen molar-refractivity contribution in [3.05, 3.63) is 0 Å². The molecule has 0 aromatic rings. The standard InChI is InChI=1S/C8H17O2Si/c1-8(2,3)11(4,5)10-7-6-9/h7H2,1-5H3. The SMILES string of the molecule is CC(C)(C)[Si](C)(C)OC[C]=O. The third-order valence-corrected chi connectivity index (χ3v) is 6.78. The predicted molar refractivity (Wildman–Crippen MR) is 48.8 cm³/mol. The van der Waals surface area contributed by atoms with Crippen LogP contribution in [0.15, 0.2) is 0 Å². The number of hydrogen-bond donors (Lipinski definition) is 0. The molecular formula is C8H17O2Si. The summed E-state index contributed by atoms with van der Waals surface area (Å²) in [6.07, 6.45) is 1.76. The molecule has 0 N–H and O–H groups in total. The molecule has 0 spiro atoms. The van der Waals surface area contributed by atoms with Crippen LogP contribution in [0.2, 0.25) is 18.1 Å². The van der Waals surface area contributed by atoms with E-state index in [1.165, 1.54) is 0 Å². The average Bonchev–Trinajstić information content (AvgIpc) is 1.81. The van der Waals surface area contributed by atoms with Gasteiger partial charge in [-0.3, -0.25) is 4.79 Å². The van der Waals surface area contributed by atoms with Gasteiger partial charge in [0.05, 0.1) is 0 Å². The van der Waals surface area contributed by atoms with E-state index in [1.807, 2.05) is 0 Å². The quantitative estimate of drug-likeness (QED) is 0.611. The van der Waals surface area contributed by atoms with Crippen LogP contribution in [0.1, 0.15) is 20.8 Å². The Labute approximate surface area is 70.1 Å². The molecule has 11 heavy (non-hydrogen) atoms. The molecule has 0 heterocycles. The molecule has 0 aliphatic rings. The van der Waals surface area contributed by atoms with Crippen molar-refractivity contribution in [3.63, 3.8) is 0 Å². The molecule has 0 aromatic heterocycles. The van der Waals surface area contributed by atoms with E-state index in [9.17, 15) is 4.79 Å². The third-order valence-electron chi connectivity index (χ3n) is 2.30. The van der Waals surface area contributed by atoms with Gasteiger partial charge in [-0.25, -0.2) is 0 Å². The van der Waals surface area contributed by atoms with Crippen molar-refractivity contribution < 1.29 is 9.22 Å². The van der Waals surface area contributed by atoms with Crippen LogP contribution in [0.3, 0.4) is 0 Å². The van der Waals surface area contributed by atoms with Crippen LogP contribution >= 0.6 is 0 Å². The van der Waals surface area contributed by atoms with Gasteiger partial charge in [-0.2, -0.15) is 0 Å². The van der Waals surface area contributed by atoms with Crippen LogP contribution in [-0.4, -0.2) is 21.2 Å². The molecule has 65 valence electrons. The second kappa shape index (κ2) is 3.50. The summed E-state index contributed by atoms with van der Waals surface area (Å²) in [6, 6.07) is 0. The lowest BCUT2D eigenvalue weighted by Gasteiger charge is -2.35. The molecule has 0 bridgehead atoms. The normalized spacial score (nSPS) is 13.2. The molecule has 2 nitrogen and oxygen atoms in total. The highest BCUT2D eigenvalue weighted by molar-refractivity contribution is 6.74. The van der Waals surface area contributed by atoms with E-state index >= 15 is 0 Å². The Bertz CT molecular complexity index is 136. The molecule has 0 aliphatic carbocycles. The summed E-state index contributed by atoms with van der Waals surface area (Å²) in [6.45, 7) is 10.8. The predicted octanol–water partition coefficient (Wildman–Crippen LogP) is 2.12. The highest BCUT2D eigenvalue weighted by Gasteiger charge is 2.36. The Balaban J connectivity index is 4.10. The molecule has 0 amide bonds. The molecule has 0 atom stereocenters. The molecule has 0 saturated carbocycles. The summed E-state index contributed by atoms with van der Waals surface area (Å²) in [5, 5.41) is 0.184. The minimum absolute atomic E-state index is 0.122. The summed E-state index contributed by atoms with van der Waals surface area (Å²) >= 11 is 0. The number of rotatable bonds is 3. The molecule has 0 fully saturated rings. The summed E-state index contributed by atoms with van der Waals surface area (Å²) in [5.41, 5.74) is 0. The zero-order valence-corrected chi connectivity index (χ0v) is 9.02. The molecule has 3 heteroatoms.